The molecule has 0 bridgehead atoms. The maximum absolute atomic E-state index is 12.8. The number of rotatable bonds is 6. The molecule has 1 aromatic heterocycles. The third kappa shape index (κ3) is 7.70. The summed E-state index contributed by atoms with van der Waals surface area (Å²) in [6.45, 7) is 15.2. The average molecular weight is 497 g/mol. The molecule has 36 heavy (non-hydrogen) atoms. The Morgan fingerprint density at radius 1 is 0.944 bits per heavy atom. The van der Waals surface area contributed by atoms with Gasteiger partial charge < -0.3 is 19.1 Å². The fraction of sp³-hybridized carbons (Fsp3) is 0.552. The number of carbonyl (C=O) groups excluding carboxylic acids is 2. The molecule has 1 aliphatic heterocycles. The van der Waals surface area contributed by atoms with Gasteiger partial charge in [0, 0.05) is 24.8 Å². The fourth-order valence-electron chi connectivity index (χ4n) is 4.24. The number of hydrogen-bond donors (Lipinski definition) is 0. The number of aromatic nitrogens is 1. The van der Waals surface area contributed by atoms with E-state index >= 15 is 0 Å². The number of amides is 1. The molecule has 0 radical (unpaired) electrons. The molecule has 1 aromatic carbocycles. The first kappa shape index (κ1) is 27.5. The SMILES string of the molecule is Cc1c(OCCC2CCN(C(=O)OC(C)(C)C)CC2)cccc1-c1cccnc1C(=O)OC(C)(C)C. The van der Waals surface area contributed by atoms with Crippen LogP contribution in [0.25, 0.3) is 11.1 Å². The van der Waals surface area contributed by atoms with Gasteiger partial charge in [-0.2, -0.15) is 0 Å². The van der Waals surface area contributed by atoms with E-state index in [1.165, 1.54) is 0 Å². The second-order valence-electron chi connectivity index (χ2n) is 11.4. The Hall–Kier alpha value is -3.09. The lowest BCUT2D eigenvalue weighted by Gasteiger charge is -2.33. The number of esters is 1. The van der Waals surface area contributed by atoms with Crippen LogP contribution >= 0.6 is 0 Å². The molecule has 1 aliphatic rings. The Morgan fingerprint density at radius 3 is 2.22 bits per heavy atom. The smallest absolute Gasteiger partial charge is 0.410 e. The summed E-state index contributed by atoms with van der Waals surface area (Å²) in [5.74, 6) is 0.850. The zero-order valence-corrected chi connectivity index (χ0v) is 22.7. The molecule has 0 saturated carbocycles. The molecule has 1 fully saturated rings. The summed E-state index contributed by atoms with van der Waals surface area (Å²) in [5, 5.41) is 0. The first-order valence-electron chi connectivity index (χ1n) is 12.7. The largest absolute Gasteiger partial charge is 0.493 e. The van der Waals surface area contributed by atoms with Crippen molar-refractivity contribution in [1.29, 1.82) is 0 Å². The highest BCUT2D eigenvalue weighted by molar-refractivity contribution is 5.96. The summed E-state index contributed by atoms with van der Waals surface area (Å²) in [7, 11) is 0. The Bertz CT molecular complexity index is 1060. The van der Waals surface area contributed by atoms with E-state index in [0.29, 0.717) is 31.3 Å². The Balaban J connectivity index is 1.60. The molecule has 7 nitrogen and oxygen atoms in total. The van der Waals surface area contributed by atoms with Gasteiger partial charge in [0.15, 0.2) is 5.69 Å². The number of carbonyl (C=O) groups is 2. The lowest BCUT2D eigenvalue weighted by molar-refractivity contribution is 0.00626. The normalized spacial score (nSPS) is 14.9. The number of nitrogens with zero attached hydrogens (tertiary/aromatic N) is 2. The number of piperidine rings is 1. The van der Waals surface area contributed by atoms with Crippen molar-refractivity contribution in [3.8, 4) is 16.9 Å². The van der Waals surface area contributed by atoms with Crippen molar-refractivity contribution in [1.82, 2.24) is 9.88 Å². The Labute approximate surface area is 215 Å². The van der Waals surface area contributed by atoms with Gasteiger partial charge in [0.1, 0.15) is 17.0 Å². The van der Waals surface area contributed by atoms with Gasteiger partial charge in [-0.25, -0.2) is 14.6 Å². The van der Waals surface area contributed by atoms with Crippen LogP contribution < -0.4 is 4.74 Å². The molecule has 1 amide bonds. The summed E-state index contributed by atoms with van der Waals surface area (Å²) in [5.41, 5.74) is 1.79. The molecule has 196 valence electrons. The summed E-state index contributed by atoms with van der Waals surface area (Å²) in [4.78, 5) is 31.2. The van der Waals surface area contributed by atoms with E-state index in [4.69, 9.17) is 14.2 Å². The van der Waals surface area contributed by atoms with E-state index in [1.807, 2.05) is 78.8 Å². The van der Waals surface area contributed by atoms with Gasteiger partial charge in [-0.1, -0.05) is 18.2 Å². The van der Waals surface area contributed by atoms with Crippen LogP contribution in [0.2, 0.25) is 0 Å². The van der Waals surface area contributed by atoms with Crippen molar-refractivity contribution in [3.05, 3.63) is 47.8 Å². The monoisotopic (exact) mass is 496 g/mol. The van der Waals surface area contributed by atoms with Gasteiger partial charge in [0.05, 0.1) is 6.61 Å². The van der Waals surface area contributed by atoms with Crippen molar-refractivity contribution in [2.24, 2.45) is 5.92 Å². The fourth-order valence-corrected chi connectivity index (χ4v) is 4.24. The van der Waals surface area contributed by atoms with E-state index in [-0.39, 0.29) is 6.09 Å². The van der Waals surface area contributed by atoms with E-state index in [1.54, 1.807) is 11.1 Å². The molecule has 0 atom stereocenters. The van der Waals surface area contributed by atoms with Crippen LogP contribution in [0.5, 0.6) is 5.75 Å². The predicted octanol–water partition coefficient (Wildman–Crippen LogP) is 6.43. The van der Waals surface area contributed by atoms with Crippen LogP contribution in [0.4, 0.5) is 4.79 Å². The molecular formula is C29H40N2O5. The maximum atomic E-state index is 12.8. The number of pyridine rings is 1. The van der Waals surface area contributed by atoms with Crippen molar-refractivity contribution in [2.45, 2.75) is 78.9 Å². The molecule has 3 rings (SSSR count). The molecule has 0 aliphatic carbocycles. The molecule has 2 aromatic rings. The van der Waals surface area contributed by atoms with Crippen LogP contribution in [0.15, 0.2) is 36.5 Å². The van der Waals surface area contributed by atoms with E-state index in [0.717, 1.165) is 41.7 Å². The highest BCUT2D eigenvalue weighted by atomic mass is 16.6. The lowest BCUT2D eigenvalue weighted by atomic mass is 9.94. The van der Waals surface area contributed by atoms with Crippen LogP contribution in [-0.2, 0) is 9.47 Å². The highest BCUT2D eigenvalue weighted by Crippen LogP contribution is 2.33. The zero-order chi connectivity index (χ0) is 26.5. The van der Waals surface area contributed by atoms with E-state index in [9.17, 15) is 9.59 Å². The molecule has 7 heteroatoms. The van der Waals surface area contributed by atoms with Crippen molar-refractivity contribution < 1.29 is 23.8 Å². The minimum absolute atomic E-state index is 0.231. The van der Waals surface area contributed by atoms with Crippen LogP contribution in [0.1, 0.15) is 76.9 Å². The molecule has 2 heterocycles. The Morgan fingerprint density at radius 2 is 1.58 bits per heavy atom. The molecule has 0 spiro atoms. The van der Waals surface area contributed by atoms with Crippen LogP contribution in [-0.4, -0.2) is 52.8 Å². The molecular weight excluding hydrogens is 456 g/mol. The van der Waals surface area contributed by atoms with Crippen molar-refractivity contribution in [3.63, 3.8) is 0 Å². The van der Waals surface area contributed by atoms with Crippen LogP contribution in [0, 0.1) is 12.8 Å². The highest BCUT2D eigenvalue weighted by Gasteiger charge is 2.27. The zero-order valence-electron chi connectivity index (χ0n) is 22.7. The first-order valence-corrected chi connectivity index (χ1v) is 12.7. The number of hydrogen-bond acceptors (Lipinski definition) is 6. The standard InChI is InChI=1S/C29H40N2O5/c1-20-22(23-11-9-16-30-25(23)26(32)35-28(2,3)4)10-8-12-24(20)34-19-15-21-13-17-31(18-14-21)27(33)36-29(5,6)7/h8-12,16,21H,13-15,17-19H2,1-7H3. The minimum Gasteiger partial charge on any atom is -0.493 e. The molecule has 0 unspecified atom stereocenters. The first-order chi connectivity index (χ1) is 16.8. The van der Waals surface area contributed by atoms with Gasteiger partial charge in [0.25, 0.3) is 0 Å². The van der Waals surface area contributed by atoms with Gasteiger partial charge in [-0.15, -0.1) is 0 Å². The van der Waals surface area contributed by atoms with Crippen LogP contribution in [0.3, 0.4) is 0 Å². The van der Waals surface area contributed by atoms with Gasteiger partial charge in [0.2, 0.25) is 0 Å². The quantitative estimate of drug-likeness (QED) is 0.429. The summed E-state index contributed by atoms with van der Waals surface area (Å²) >= 11 is 0. The van der Waals surface area contributed by atoms with Crippen molar-refractivity contribution in [2.75, 3.05) is 19.7 Å². The topological polar surface area (TPSA) is 78.0 Å². The van der Waals surface area contributed by atoms with E-state index in [2.05, 4.69) is 4.98 Å². The predicted molar refractivity (Wildman–Crippen MR) is 140 cm³/mol. The Kier molecular flexibility index (Phi) is 8.64. The number of likely N-dealkylation sites (tertiary alicyclic amines) is 1. The average Bonchev–Trinajstić information content (AvgIpc) is 2.78. The second kappa shape index (κ2) is 11.3. The molecule has 1 saturated heterocycles. The number of benzene rings is 1. The third-order valence-electron chi connectivity index (χ3n) is 6.02. The minimum atomic E-state index is -0.602. The van der Waals surface area contributed by atoms with Gasteiger partial charge >= 0.3 is 12.1 Å². The maximum Gasteiger partial charge on any atom is 0.410 e. The van der Waals surface area contributed by atoms with Crippen molar-refractivity contribution >= 4 is 12.1 Å². The summed E-state index contributed by atoms with van der Waals surface area (Å²) in [6.07, 6.45) is 4.17. The summed E-state index contributed by atoms with van der Waals surface area (Å²) < 4.78 is 17.2. The lowest BCUT2D eigenvalue weighted by Crippen LogP contribution is -2.41. The summed E-state index contributed by atoms with van der Waals surface area (Å²) in [6, 6.07) is 9.56. The number of ether oxygens (including phenoxy) is 3. The second-order valence-corrected chi connectivity index (χ2v) is 11.4. The van der Waals surface area contributed by atoms with Gasteiger partial charge in [-0.3, -0.25) is 0 Å². The molecule has 0 N–H and O–H groups in total. The van der Waals surface area contributed by atoms with Gasteiger partial charge in [-0.05, 0) is 96.9 Å². The van der Waals surface area contributed by atoms with E-state index < -0.39 is 17.2 Å². The third-order valence-corrected chi connectivity index (χ3v) is 6.02.